The predicted octanol–water partition coefficient (Wildman–Crippen LogP) is 2.92. The second kappa shape index (κ2) is 3.84. The molecule has 0 atom stereocenters. The lowest BCUT2D eigenvalue weighted by Crippen LogP contribution is -2.21. The van der Waals surface area contributed by atoms with Crippen molar-refractivity contribution < 1.29 is 4.79 Å². The Bertz CT molecular complexity index is 334. The molecule has 2 rings (SSSR count). The van der Waals surface area contributed by atoms with Crippen molar-refractivity contribution in [3.8, 4) is 0 Å². The van der Waals surface area contributed by atoms with E-state index in [1.165, 1.54) is 24.8 Å². The van der Waals surface area contributed by atoms with Crippen molar-refractivity contribution >= 4 is 5.91 Å². The van der Waals surface area contributed by atoms with E-state index in [9.17, 15) is 4.79 Å². The number of nitrogens with one attached hydrogen (secondary N) is 1. The van der Waals surface area contributed by atoms with Crippen LogP contribution >= 0.6 is 0 Å². The first-order chi connectivity index (χ1) is 7.17. The molecule has 1 heterocycles. The number of hydrogen-bond acceptors (Lipinski definition) is 1. The zero-order valence-electron chi connectivity index (χ0n) is 9.60. The summed E-state index contributed by atoms with van der Waals surface area (Å²) in [7, 11) is 0. The maximum Gasteiger partial charge on any atom is 0.251 e. The molecule has 1 aliphatic heterocycles. The minimum absolute atomic E-state index is 0.112. The van der Waals surface area contributed by atoms with Gasteiger partial charge in [0.1, 0.15) is 0 Å². The van der Waals surface area contributed by atoms with Gasteiger partial charge in [0.25, 0.3) is 5.91 Å². The van der Waals surface area contributed by atoms with Gasteiger partial charge in [-0.15, -0.1) is 0 Å². The van der Waals surface area contributed by atoms with E-state index in [4.69, 9.17) is 0 Å². The van der Waals surface area contributed by atoms with Crippen LogP contribution in [-0.4, -0.2) is 5.91 Å². The number of carbonyl (C=O) groups is 1. The third-order valence-electron chi connectivity index (χ3n) is 3.80. The summed E-state index contributed by atoms with van der Waals surface area (Å²) in [4.78, 5) is 11.8. The molecule has 0 aromatic rings. The summed E-state index contributed by atoms with van der Waals surface area (Å²) >= 11 is 0. The summed E-state index contributed by atoms with van der Waals surface area (Å²) in [6.07, 6.45) is 9.46. The Hall–Kier alpha value is -1.05. The largest absolute Gasteiger partial charge is 0.329 e. The second-order valence-electron chi connectivity index (χ2n) is 4.87. The van der Waals surface area contributed by atoms with Crippen LogP contribution in [0.2, 0.25) is 0 Å². The van der Waals surface area contributed by atoms with Gasteiger partial charge >= 0.3 is 0 Å². The first kappa shape index (κ1) is 10.5. The van der Waals surface area contributed by atoms with E-state index in [1.807, 2.05) is 6.08 Å². The molecule has 0 unspecified atom stereocenters. The van der Waals surface area contributed by atoms with Gasteiger partial charge in [-0.1, -0.05) is 25.0 Å². The fourth-order valence-corrected chi connectivity index (χ4v) is 2.21. The minimum atomic E-state index is 0.112. The number of hydrogen-bond donors (Lipinski definition) is 1. The highest BCUT2D eigenvalue weighted by Gasteiger charge is 2.42. The Balaban J connectivity index is 2.15. The second-order valence-corrected chi connectivity index (χ2v) is 4.87. The normalized spacial score (nSPS) is 23.7. The van der Waals surface area contributed by atoms with Gasteiger partial charge in [0.15, 0.2) is 0 Å². The molecule has 0 spiro atoms. The van der Waals surface area contributed by atoms with E-state index < -0.39 is 0 Å². The summed E-state index contributed by atoms with van der Waals surface area (Å²) in [5.74, 6) is 0.112. The fourth-order valence-electron chi connectivity index (χ4n) is 2.21. The van der Waals surface area contributed by atoms with E-state index in [1.54, 1.807) is 6.20 Å². The van der Waals surface area contributed by atoms with Crippen LogP contribution in [-0.2, 0) is 4.79 Å². The van der Waals surface area contributed by atoms with Crippen molar-refractivity contribution in [1.29, 1.82) is 0 Å². The lowest BCUT2D eigenvalue weighted by molar-refractivity contribution is -0.116. The molecular formula is C13H19NO. The van der Waals surface area contributed by atoms with Crippen LogP contribution in [0.25, 0.3) is 0 Å². The van der Waals surface area contributed by atoms with Gasteiger partial charge in [-0.25, -0.2) is 0 Å². The monoisotopic (exact) mass is 205 g/mol. The smallest absolute Gasteiger partial charge is 0.251 e. The average molecular weight is 205 g/mol. The number of carbonyl (C=O) groups excluding carboxylic acids is 1. The molecule has 0 aromatic heterocycles. The number of rotatable bonds is 3. The molecule has 1 fully saturated rings. The van der Waals surface area contributed by atoms with Gasteiger partial charge in [-0.05, 0) is 38.0 Å². The third-order valence-corrected chi connectivity index (χ3v) is 3.80. The lowest BCUT2D eigenvalue weighted by Gasteiger charge is -2.15. The molecule has 1 saturated carbocycles. The topological polar surface area (TPSA) is 29.1 Å². The van der Waals surface area contributed by atoms with Crippen molar-refractivity contribution in [2.45, 2.75) is 46.0 Å². The third kappa shape index (κ3) is 2.14. The first-order valence-electron chi connectivity index (χ1n) is 5.81. The quantitative estimate of drug-likeness (QED) is 0.754. The Morgan fingerprint density at radius 2 is 2.20 bits per heavy atom. The summed E-state index contributed by atoms with van der Waals surface area (Å²) < 4.78 is 0. The standard InChI is InChI=1S/C13H19NO/c1-3-13(6-7-13)9-11-10(2)5-4-8-14-12(11)15/h4,8H,3,5-7,9H2,1-2H3,(H,14,15). The highest BCUT2D eigenvalue weighted by Crippen LogP contribution is 2.53. The molecule has 2 heteroatoms. The highest BCUT2D eigenvalue weighted by atomic mass is 16.1. The SMILES string of the molecule is CCC1(CC2=C(C)CC=CNC2=O)CC1. The maximum absolute atomic E-state index is 11.8. The molecule has 15 heavy (non-hydrogen) atoms. The van der Waals surface area contributed by atoms with Crippen LogP contribution in [0.3, 0.4) is 0 Å². The maximum atomic E-state index is 11.8. The Labute approximate surface area is 91.4 Å². The van der Waals surface area contributed by atoms with E-state index >= 15 is 0 Å². The summed E-state index contributed by atoms with van der Waals surface area (Å²) in [6, 6.07) is 0. The van der Waals surface area contributed by atoms with Crippen LogP contribution < -0.4 is 5.32 Å². The zero-order chi connectivity index (χ0) is 10.9. The molecule has 2 aliphatic rings. The van der Waals surface area contributed by atoms with E-state index in [0.717, 1.165) is 18.4 Å². The fraction of sp³-hybridized carbons (Fsp3) is 0.615. The minimum Gasteiger partial charge on any atom is -0.329 e. The van der Waals surface area contributed by atoms with E-state index in [0.29, 0.717) is 5.41 Å². The van der Waals surface area contributed by atoms with Crippen LogP contribution in [0.15, 0.2) is 23.4 Å². The van der Waals surface area contributed by atoms with Gasteiger partial charge in [0, 0.05) is 11.8 Å². The molecule has 0 radical (unpaired) electrons. The molecular weight excluding hydrogens is 186 g/mol. The molecule has 1 amide bonds. The average Bonchev–Trinajstić information content (AvgIpc) is 3.01. The molecule has 0 bridgehead atoms. The molecule has 1 aliphatic carbocycles. The lowest BCUT2D eigenvalue weighted by atomic mass is 9.90. The Morgan fingerprint density at radius 3 is 2.80 bits per heavy atom. The summed E-state index contributed by atoms with van der Waals surface area (Å²) in [5.41, 5.74) is 2.72. The van der Waals surface area contributed by atoms with Crippen LogP contribution in [0.4, 0.5) is 0 Å². The van der Waals surface area contributed by atoms with Crippen molar-refractivity contribution in [2.24, 2.45) is 5.41 Å². The summed E-state index contributed by atoms with van der Waals surface area (Å²) in [5, 5.41) is 2.82. The predicted molar refractivity (Wildman–Crippen MR) is 61.2 cm³/mol. The molecule has 82 valence electrons. The van der Waals surface area contributed by atoms with Crippen LogP contribution in [0, 0.1) is 5.41 Å². The molecule has 1 N–H and O–H groups in total. The number of amides is 1. The molecule has 0 aromatic carbocycles. The van der Waals surface area contributed by atoms with Crippen LogP contribution in [0.5, 0.6) is 0 Å². The number of allylic oxidation sites excluding steroid dienone is 2. The summed E-state index contributed by atoms with van der Waals surface area (Å²) in [6.45, 7) is 4.31. The Morgan fingerprint density at radius 1 is 1.47 bits per heavy atom. The van der Waals surface area contributed by atoms with Crippen molar-refractivity contribution in [1.82, 2.24) is 5.32 Å². The van der Waals surface area contributed by atoms with Gasteiger partial charge in [-0.3, -0.25) is 4.79 Å². The van der Waals surface area contributed by atoms with Gasteiger partial charge in [-0.2, -0.15) is 0 Å². The van der Waals surface area contributed by atoms with E-state index in [-0.39, 0.29) is 5.91 Å². The molecule has 2 nitrogen and oxygen atoms in total. The van der Waals surface area contributed by atoms with Crippen molar-refractivity contribution in [3.05, 3.63) is 23.4 Å². The van der Waals surface area contributed by atoms with Crippen LogP contribution in [0.1, 0.15) is 46.0 Å². The molecule has 0 saturated heterocycles. The van der Waals surface area contributed by atoms with Gasteiger partial charge in [0.2, 0.25) is 0 Å². The van der Waals surface area contributed by atoms with Gasteiger partial charge in [0.05, 0.1) is 0 Å². The van der Waals surface area contributed by atoms with Crippen molar-refractivity contribution in [2.75, 3.05) is 0 Å². The first-order valence-corrected chi connectivity index (χ1v) is 5.81. The van der Waals surface area contributed by atoms with Crippen molar-refractivity contribution in [3.63, 3.8) is 0 Å². The highest BCUT2D eigenvalue weighted by molar-refractivity contribution is 5.95. The van der Waals surface area contributed by atoms with Gasteiger partial charge < -0.3 is 5.32 Å². The Kier molecular flexibility index (Phi) is 2.68. The van der Waals surface area contributed by atoms with E-state index in [2.05, 4.69) is 19.2 Å². The zero-order valence-corrected chi connectivity index (χ0v) is 9.60.